The van der Waals surface area contributed by atoms with Crippen molar-refractivity contribution < 1.29 is 4.79 Å². The van der Waals surface area contributed by atoms with Crippen LogP contribution in [0.5, 0.6) is 0 Å². The minimum absolute atomic E-state index is 0.340. The fourth-order valence-corrected chi connectivity index (χ4v) is 2.08. The number of carbonyl (C=O) groups excluding carboxylic acids is 1. The molecule has 4 heteroatoms. The predicted molar refractivity (Wildman–Crippen MR) is 70.3 cm³/mol. The van der Waals surface area contributed by atoms with Crippen LogP contribution in [0.15, 0.2) is 36.8 Å². The van der Waals surface area contributed by atoms with Crippen LogP contribution in [0.3, 0.4) is 0 Å². The van der Waals surface area contributed by atoms with Crippen molar-refractivity contribution in [1.29, 1.82) is 0 Å². The molecular formula is C14H13N3O. The number of aromatic amines is 1. The lowest BCUT2D eigenvalue weighted by Gasteiger charge is -1.91. The molecule has 18 heavy (non-hydrogen) atoms. The van der Waals surface area contributed by atoms with E-state index >= 15 is 0 Å². The lowest BCUT2D eigenvalue weighted by Crippen LogP contribution is -1.93. The second-order valence-electron chi connectivity index (χ2n) is 4.40. The molecule has 2 heterocycles. The summed E-state index contributed by atoms with van der Waals surface area (Å²) < 4.78 is 1.76. The van der Waals surface area contributed by atoms with Crippen molar-refractivity contribution in [3.8, 4) is 11.4 Å². The molecule has 0 spiro atoms. The first-order valence-electron chi connectivity index (χ1n) is 5.81. The van der Waals surface area contributed by atoms with Crippen molar-refractivity contribution in [3.05, 3.63) is 42.4 Å². The van der Waals surface area contributed by atoms with Gasteiger partial charge in [-0.25, -0.2) is 4.98 Å². The highest BCUT2D eigenvalue weighted by molar-refractivity contribution is 5.85. The topological polar surface area (TPSA) is 50.7 Å². The maximum Gasteiger partial charge on any atom is 0.139 e. The Morgan fingerprint density at radius 2 is 2.28 bits per heavy atom. The van der Waals surface area contributed by atoms with E-state index in [1.165, 1.54) is 10.9 Å². The fraction of sp³-hybridized carbons (Fsp3) is 0.143. The zero-order valence-corrected chi connectivity index (χ0v) is 10.1. The van der Waals surface area contributed by atoms with Crippen LogP contribution in [0.4, 0.5) is 0 Å². The highest BCUT2D eigenvalue weighted by atomic mass is 16.1. The molecule has 0 radical (unpaired) electrons. The first-order chi connectivity index (χ1) is 8.76. The van der Waals surface area contributed by atoms with Gasteiger partial charge in [0.05, 0.1) is 18.6 Å². The van der Waals surface area contributed by atoms with Gasteiger partial charge in [0.2, 0.25) is 0 Å². The van der Waals surface area contributed by atoms with Crippen molar-refractivity contribution in [3.63, 3.8) is 0 Å². The van der Waals surface area contributed by atoms with E-state index in [4.69, 9.17) is 0 Å². The van der Waals surface area contributed by atoms with E-state index in [2.05, 4.69) is 41.2 Å². The van der Waals surface area contributed by atoms with Crippen LogP contribution in [0.1, 0.15) is 5.56 Å². The standard InChI is InChI=1S/C14H13N3O/c1-10-2-3-12-11(6-10)7-13(16-12)14-8-17(4-5-18)9-15-14/h2-3,5-9,16H,4H2,1H3. The van der Waals surface area contributed by atoms with Crippen LogP contribution in [0.25, 0.3) is 22.3 Å². The second kappa shape index (κ2) is 4.14. The maximum atomic E-state index is 10.4. The van der Waals surface area contributed by atoms with E-state index in [-0.39, 0.29) is 0 Å². The molecule has 0 aliphatic heterocycles. The maximum absolute atomic E-state index is 10.4. The van der Waals surface area contributed by atoms with Gasteiger partial charge in [0.25, 0.3) is 0 Å². The first-order valence-corrected chi connectivity index (χ1v) is 5.81. The lowest BCUT2D eigenvalue weighted by atomic mass is 10.2. The number of benzene rings is 1. The fourth-order valence-electron chi connectivity index (χ4n) is 2.08. The number of aromatic nitrogens is 3. The molecule has 0 saturated carbocycles. The van der Waals surface area contributed by atoms with Crippen LogP contribution in [-0.4, -0.2) is 20.8 Å². The molecule has 3 aromatic rings. The largest absolute Gasteiger partial charge is 0.353 e. The summed E-state index contributed by atoms with van der Waals surface area (Å²) in [6, 6.07) is 8.36. The Morgan fingerprint density at radius 3 is 3.11 bits per heavy atom. The minimum atomic E-state index is 0.340. The molecule has 0 atom stereocenters. The summed E-state index contributed by atoms with van der Waals surface area (Å²) >= 11 is 0. The number of fused-ring (bicyclic) bond motifs is 1. The van der Waals surface area contributed by atoms with Crippen molar-refractivity contribution in [2.45, 2.75) is 13.5 Å². The summed E-state index contributed by atoms with van der Waals surface area (Å²) in [5.74, 6) is 0. The van der Waals surface area contributed by atoms with Crippen LogP contribution in [0.2, 0.25) is 0 Å². The van der Waals surface area contributed by atoms with E-state index in [9.17, 15) is 4.79 Å². The highest BCUT2D eigenvalue weighted by Gasteiger charge is 2.06. The Hall–Kier alpha value is -2.36. The molecular weight excluding hydrogens is 226 g/mol. The van der Waals surface area contributed by atoms with Crippen molar-refractivity contribution in [2.24, 2.45) is 0 Å². The van der Waals surface area contributed by atoms with Gasteiger partial charge in [-0.15, -0.1) is 0 Å². The van der Waals surface area contributed by atoms with Gasteiger partial charge in [0.15, 0.2) is 0 Å². The molecule has 0 fully saturated rings. The smallest absolute Gasteiger partial charge is 0.139 e. The number of aryl methyl sites for hydroxylation is 1. The number of nitrogens with zero attached hydrogens (tertiary/aromatic N) is 2. The summed E-state index contributed by atoms with van der Waals surface area (Å²) in [5.41, 5.74) is 4.16. The van der Waals surface area contributed by atoms with Crippen molar-refractivity contribution >= 4 is 17.2 Å². The summed E-state index contributed by atoms with van der Waals surface area (Å²) in [4.78, 5) is 18.1. The van der Waals surface area contributed by atoms with Gasteiger partial charge in [-0.05, 0) is 25.1 Å². The number of H-pyrrole nitrogens is 1. The Kier molecular flexibility index (Phi) is 2.48. The summed E-state index contributed by atoms with van der Waals surface area (Å²) in [6.45, 7) is 2.41. The van der Waals surface area contributed by atoms with Gasteiger partial charge in [-0.3, -0.25) is 0 Å². The normalized spacial score (nSPS) is 10.9. The Bertz CT molecular complexity index is 709. The molecule has 1 aromatic carbocycles. The van der Waals surface area contributed by atoms with Crippen molar-refractivity contribution in [2.75, 3.05) is 0 Å². The number of nitrogens with one attached hydrogen (secondary N) is 1. The molecule has 3 rings (SSSR count). The summed E-state index contributed by atoms with van der Waals surface area (Å²) in [7, 11) is 0. The van der Waals surface area contributed by atoms with Crippen LogP contribution >= 0.6 is 0 Å². The third-order valence-corrected chi connectivity index (χ3v) is 2.97. The molecule has 0 bridgehead atoms. The molecule has 2 aromatic heterocycles. The number of rotatable bonds is 3. The Morgan fingerprint density at radius 1 is 1.39 bits per heavy atom. The average molecular weight is 239 g/mol. The van der Waals surface area contributed by atoms with Gasteiger partial charge >= 0.3 is 0 Å². The third-order valence-electron chi connectivity index (χ3n) is 2.97. The van der Waals surface area contributed by atoms with Crippen LogP contribution in [-0.2, 0) is 11.3 Å². The number of hydrogen-bond acceptors (Lipinski definition) is 2. The van der Waals surface area contributed by atoms with Crippen molar-refractivity contribution in [1.82, 2.24) is 14.5 Å². The van der Waals surface area contributed by atoms with Gasteiger partial charge in [0, 0.05) is 17.1 Å². The minimum Gasteiger partial charge on any atom is -0.353 e. The molecule has 0 saturated heterocycles. The number of carbonyl (C=O) groups is 1. The molecule has 0 unspecified atom stereocenters. The summed E-state index contributed by atoms with van der Waals surface area (Å²) in [5, 5.41) is 1.18. The number of hydrogen-bond donors (Lipinski definition) is 1. The number of imidazole rings is 1. The quantitative estimate of drug-likeness (QED) is 0.714. The van der Waals surface area contributed by atoms with E-state index in [1.807, 2.05) is 6.20 Å². The van der Waals surface area contributed by atoms with E-state index in [0.717, 1.165) is 23.2 Å². The second-order valence-corrected chi connectivity index (χ2v) is 4.40. The highest BCUT2D eigenvalue weighted by Crippen LogP contribution is 2.23. The van der Waals surface area contributed by atoms with Gasteiger partial charge < -0.3 is 14.3 Å². The monoisotopic (exact) mass is 239 g/mol. The van der Waals surface area contributed by atoms with Gasteiger partial charge in [-0.2, -0.15) is 0 Å². The molecule has 1 N–H and O–H groups in total. The Labute approximate surface area is 104 Å². The third kappa shape index (κ3) is 1.82. The van der Waals surface area contributed by atoms with E-state index < -0.39 is 0 Å². The first kappa shape index (κ1) is 10.8. The van der Waals surface area contributed by atoms with Crippen LogP contribution in [0, 0.1) is 6.92 Å². The van der Waals surface area contributed by atoms with Gasteiger partial charge in [-0.1, -0.05) is 11.6 Å². The lowest BCUT2D eigenvalue weighted by molar-refractivity contribution is -0.108. The number of aldehydes is 1. The van der Waals surface area contributed by atoms with Crippen LogP contribution < -0.4 is 0 Å². The average Bonchev–Trinajstić information content (AvgIpc) is 2.94. The molecule has 0 amide bonds. The summed E-state index contributed by atoms with van der Waals surface area (Å²) in [6.07, 6.45) is 4.40. The zero-order chi connectivity index (χ0) is 12.5. The van der Waals surface area contributed by atoms with E-state index in [0.29, 0.717) is 6.54 Å². The molecule has 4 nitrogen and oxygen atoms in total. The van der Waals surface area contributed by atoms with Gasteiger partial charge in [0.1, 0.15) is 12.0 Å². The Balaban J connectivity index is 2.04. The molecule has 90 valence electrons. The van der Waals surface area contributed by atoms with E-state index in [1.54, 1.807) is 10.9 Å². The molecule has 0 aliphatic rings. The predicted octanol–water partition coefficient (Wildman–Crippen LogP) is 2.54. The SMILES string of the molecule is Cc1ccc2[nH]c(-c3cn(CC=O)cn3)cc2c1. The molecule has 0 aliphatic carbocycles. The zero-order valence-electron chi connectivity index (χ0n) is 10.1.